The lowest BCUT2D eigenvalue weighted by Gasteiger charge is -2.38. The molecule has 0 spiro atoms. The fourth-order valence-corrected chi connectivity index (χ4v) is 2.21. The Morgan fingerprint density at radius 1 is 1.53 bits per heavy atom. The number of phenolic OH excluding ortho intramolecular Hbond substituents is 1. The van der Waals surface area contributed by atoms with E-state index >= 15 is 0 Å². The zero-order chi connectivity index (χ0) is 14.0. The van der Waals surface area contributed by atoms with Crippen molar-refractivity contribution in [3.63, 3.8) is 0 Å². The number of ether oxygens (including phenoxy) is 2. The summed E-state index contributed by atoms with van der Waals surface area (Å²) in [6.07, 6.45) is -0.421. The quantitative estimate of drug-likeness (QED) is 0.881. The maximum atomic E-state index is 11.4. The first-order chi connectivity index (χ1) is 8.94. The molecular formula is C14H19NO4. The summed E-state index contributed by atoms with van der Waals surface area (Å²) in [4.78, 5) is 11.4. The van der Waals surface area contributed by atoms with Crippen molar-refractivity contribution in [2.24, 2.45) is 5.41 Å². The van der Waals surface area contributed by atoms with Gasteiger partial charge in [0.05, 0.1) is 12.6 Å². The zero-order valence-electron chi connectivity index (χ0n) is 11.4. The molecule has 0 aliphatic carbocycles. The third-order valence-electron chi connectivity index (χ3n) is 3.24. The number of nitrogens with one attached hydrogen (secondary N) is 1. The number of amides is 1. The van der Waals surface area contributed by atoms with Gasteiger partial charge in [-0.25, -0.2) is 4.79 Å². The third-order valence-corrected chi connectivity index (χ3v) is 3.24. The van der Waals surface area contributed by atoms with E-state index in [4.69, 9.17) is 9.47 Å². The lowest BCUT2D eigenvalue weighted by molar-refractivity contribution is 0.0386. The Kier molecular flexibility index (Phi) is 3.55. The van der Waals surface area contributed by atoms with Crippen LogP contribution in [0, 0.1) is 5.41 Å². The van der Waals surface area contributed by atoms with E-state index in [0.717, 1.165) is 5.56 Å². The van der Waals surface area contributed by atoms with Crippen LogP contribution < -0.4 is 10.1 Å². The molecule has 104 valence electrons. The molecule has 2 N–H and O–H groups in total. The van der Waals surface area contributed by atoms with E-state index in [1.807, 2.05) is 20.8 Å². The molecule has 5 nitrogen and oxygen atoms in total. The lowest BCUT2D eigenvalue weighted by Crippen LogP contribution is -2.46. The molecule has 1 atom stereocenters. The van der Waals surface area contributed by atoms with Gasteiger partial charge in [-0.05, 0) is 24.6 Å². The number of phenols is 1. The molecule has 0 bridgehead atoms. The fourth-order valence-electron chi connectivity index (χ4n) is 2.21. The number of benzene rings is 1. The predicted molar refractivity (Wildman–Crippen MR) is 70.3 cm³/mol. The van der Waals surface area contributed by atoms with Gasteiger partial charge in [-0.3, -0.25) is 0 Å². The van der Waals surface area contributed by atoms with Gasteiger partial charge in [-0.1, -0.05) is 19.9 Å². The zero-order valence-corrected chi connectivity index (χ0v) is 11.4. The normalized spacial score (nSPS) is 21.4. The van der Waals surface area contributed by atoms with Gasteiger partial charge < -0.3 is 19.9 Å². The minimum atomic E-state index is -0.421. The van der Waals surface area contributed by atoms with Crippen molar-refractivity contribution in [3.8, 4) is 11.5 Å². The van der Waals surface area contributed by atoms with E-state index in [9.17, 15) is 9.90 Å². The highest BCUT2D eigenvalue weighted by Gasteiger charge is 2.38. The van der Waals surface area contributed by atoms with Crippen LogP contribution in [-0.2, 0) is 4.74 Å². The number of carbonyl (C=O) groups excluding carboxylic acids is 1. The SMILES string of the molecule is CCOc1cc([C@H]2NC(=O)OCC2(C)C)ccc1O. The molecule has 1 aromatic rings. The smallest absolute Gasteiger partial charge is 0.407 e. The minimum Gasteiger partial charge on any atom is -0.504 e. The van der Waals surface area contributed by atoms with E-state index in [2.05, 4.69) is 5.32 Å². The van der Waals surface area contributed by atoms with Crippen LogP contribution in [0.1, 0.15) is 32.4 Å². The summed E-state index contributed by atoms with van der Waals surface area (Å²) in [6, 6.07) is 4.96. The molecule has 1 aromatic carbocycles. The lowest BCUT2D eigenvalue weighted by atomic mass is 9.80. The summed E-state index contributed by atoms with van der Waals surface area (Å²) in [5.41, 5.74) is 0.664. The van der Waals surface area contributed by atoms with E-state index in [0.29, 0.717) is 19.0 Å². The highest BCUT2D eigenvalue weighted by atomic mass is 16.6. The molecule has 0 unspecified atom stereocenters. The van der Waals surface area contributed by atoms with Crippen LogP contribution in [0.3, 0.4) is 0 Å². The third kappa shape index (κ3) is 2.75. The average molecular weight is 265 g/mol. The van der Waals surface area contributed by atoms with Gasteiger partial charge in [0.15, 0.2) is 11.5 Å². The van der Waals surface area contributed by atoms with Gasteiger partial charge in [-0.15, -0.1) is 0 Å². The van der Waals surface area contributed by atoms with Gasteiger partial charge in [0.1, 0.15) is 6.61 Å². The van der Waals surface area contributed by atoms with Gasteiger partial charge in [0, 0.05) is 5.41 Å². The van der Waals surface area contributed by atoms with Crippen LogP contribution in [0.2, 0.25) is 0 Å². The Morgan fingerprint density at radius 3 is 2.95 bits per heavy atom. The van der Waals surface area contributed by atoms with Crippen molar-refractivity contribution in [1.29, 1.82) is 0 Å². The summed E-state index contributed by atoms with van der Waals surface area (Å²) in [5, 5.41) is 12.5. The van der Waals surface area contributed by atoms with Crippen LogP contribution in [0.4, 0.5) is 4.79 Å². The molecule has 0 aromatic heterocycles. The molecule has 1 fully saturated rings. The Morgan fingerprint density at radius 2 is 2.26 bits per heavy atom. The van der Waals surface area contributed by atoms with Gasteiger partial charge in [0.25, 0.3) is 0 Å². The first-order valence-electron chi connectivity index (χ1n) is 6.33. The average Bonchev–Trinajstić information content (AvgIpc) is 2.36. The summed E-state index contributed by atoms with van der Waals surface area (Å²) >= 11 is 0. The number of hydrogen-bond acceptors (Lipinski definition) is 4. The number of carbonyl (C=O) groups is 1. The van der Waals surface area contributed by atoms with Crippen molar-refractivity contribution in [1.82, 2.24) is 5.32 Å². The Labute approximate surface area is 112 Å². The van der Waals surface area contributed by atoms with Crippen LogP contribution in [0.5, 0.6) is 11.5 Å². The molecule has 0 saturated carbocycles. The van der Waals surface area contributed by atoms with E-state index in [1.54, 1.807) is 18.2 Å². The van der Waals surface area contributed by atoms with Crippen LogP contribution >= 0.6 is 0 Å². The number of aromatic hydroxyl groups is 1. The van der Waals surface area contributed by atoms with Crippen molar-refractivity contribution in [2.45, 2.75) is 26.8 Å². The second-order valence-electron chi connectivity index (χ2n) is 5.30. The molecule has 1 amide bonds. The Hall–Kier alpha value is -1.91. The predicted octanol–water partition coefficient (Wildman–Crippen LogP) is 2.60. The summed E-state index contributed by atoms with van der Waals surface area (Å²) in [5.74, 6) is 0.526. The maximum Gasteiger partial charge on any atom is 0.407 e. The van der Waals surface area contributed by atoms with Crippen molar-refractivity contribution in [2.75, 3.05) is 13.2 Å². The molecule has 1 aliphatic rings. The number of rotatable bonds is 3. The maximum absolute atomic E-state index is 11.4. The van der Waals surface area contributed by atoms with Gasteiger partial charge in [0.2, 0.25) is 0 Å². The van der Waals surface area contributed by atoms with E-state index in [1.165, 1.54) is 0 Å². The monoisotopic (exact) mass is 265 g/mol. The van der Waals surface area contributed by atoms with Crippen LogP contribution in [0.25, 0.3) is 0 Å². The number of hydrogen-bond donors (Lipinski definition) is 2. The van der Waals surface area contributed by atoms with Crippen LogP contribution in [0.15, 0.2) is 18.2 Å². The fraction of sp³-hybridized carbons (Fsp3) is 0.500. The first kappa shape index (κ1) is 13.5. The molecule has 19 heavy (non-hydrogen) atoms. The largest absolute Gasteiger partial charge is 0.504 e. The standard InChI is InChI=1S/C14H19NO4/c1-4-18-11-7-9(5-6-10(11)16)12-14(2,3)8-19-13(17)15-12/h5-7,12,16H,4,8H2,1-3H3,(H,15,17)/t12-/m1/s1. The topological polar surface area (TPSA) is 67.8 Å². The van der Waals surface area contributed by atoms with E-state index in [-0.39, 0.29) is 17.2 Å². The Balaban J connectivity index is 2.34. The summed E-state index contributed by atoms with van der Waals surface area (Å²) in [7, 11) is 0. The second kappa shape index (κ2) is 4.99. The van der Waals surface area contributed by atoms with Crippen molar-refractivity contribution < 1.29 is 19.4 Å². The number of alkyl carbamates (subject to hydrolysis) is 1. The van der Waals surface area contributed by atoms with Gasteiger partial charge in [-0.2, -0.15) is 0 Å². The summed E-state index contributed by atoms with van der Waals surface area (Å²) in [6.45, 7) is 6.72. The summed E-state index contributed by atoms with van der Waals surface area (Å²) < 4.78 is 10.4. The van der Waals surface area contributed by atoms with E-state index < -0.39 is 6.09 Å². The number of cyclic esters (lactones) is 1. The van der Waals surface area contributed by atoms with Gasteiger partial charge >= 0.3 is 6.09 Å². The second-order valence-corrected chi connectivity index (χ2v) is 5.30. The molecule has 2 rings (SSSR count). The molecular weight excluding hydrogens is 246 g/mol. The Bertz CT molecular complexity index is 484. The highest BCUT2D eigenvalue weighted by molar-refractivity contribution is 5.69. The molecule has 1 heterocycles. The molecule has 1 aliphatic heterocycles. The van der Waals surface area contributed by atoms with Crippen molar-refractivity contribution >= 4 is 6.09 Å². The molecule has 5 heteroatoms. The molecule has 0 radical (unpaired) electrons. The minimum absolute atomic E-state index is 0.0989. The molecule has 1 saturated heterocycles. The van der Waals surface area contributed by atoms with Crippen molar-refractivity contribution in [3.05, 3.63) is 23.8 Å². The van der Waals surface area contributed by atoms with Crippen LogP contribution in [-0.4, -0.2) is 24.4 Å². The highest BCUT2D eigenvalue weighted by Crippen LogP contribution is 2.39. The first-order valence-corrected chi connectivity index (χ1v) is 6.33.